The number of fused-ring (bicyclic) bond motifs is 1. The highest BCUT2D eigenvalue weighted by Crippen LogP contribution is 2.29. The van der Waals surface area contributed by atoms with Crippen molar-refractivity contribution >= 4 is 11.7 Å². The molecule has 0 aliphatic carbocycles. The summed E-state index contributed by atoms with van der Waals surface area (Å²) >= 11 is 0. The maximum atomic E-state index is 13.4. The summed E-state index contributed by atoms with van der Waals surface area (Å²) in [5, 5.41) is 0. The predicted octanol–water partition coefficient (Wildman–Crippen LogP) is 4.93. The van der Waals surface area contributed by atoms with Gasteiger partial charge in [-0.2, -0.15) is 0 Å². The molecule has 210 valence electrons. The summed E-state index contributed by atoms with van der Waals surface area (Å²) in [4.78, 5) is 27.3. The van der Waals surface area contributed by atoms with E-state index in [1.165, 1.54) is 0 Å². The third-order valence-electron chi connectivity index (χ3n) is 7.26. The summed E-state index contributed by atoms with van der Waals surface area (Å²) in [6.45, 7) is 4.46. The molecule has 0 unspecified atom stereocenters. The molecule has 4 heterocycles. The predicted molar refractivity (Wildman–Crippen MR) is 155 cm³/mol. The Bertz CT molecular complexity index is 1580. The second-order valence-corrected chi connectivity index (χ2v) is 10.2. The molecule has 0 N–H and O–H groups in total. The Morgan fingerprint density at radius 1 is 0.927 bits per heavy atom. The summed E-state index contributed by atoms with van der Waals surface area (Å²) in [5.41, 5.74) is 4.89. The van der Waals surface area contributed by atoms with Crippen molar-refractivity contribution in [1.82, 2.24) is 24.2 Å². The molecule has 3 aromatic heterocycles. The van der Waals surface area contributed by atoms with Gasteiger partial charge >= 0.3 is 6.09 Å². The maximum Gasteiger partial charge on any atom is 0.416 e. The Kier molecular flexibility index (Phi) is 8.06. The Labute approximate surface area is 239 Å². The molecule has 0 radical (unpaired) electrons. The maximum absolute atomic E-state index is 13.4. The Balaban J connectivity index is 1.38. The molecular formula is C32H33N5O4. The zero-order valence-electron chi connectivity index (χ0n) is 23.1. The minimum atomic E-state index is -0.441. The summed E-state index contributed by atoms with van der Waals surface area (Å²) in [6, 6.07) is 23.9. The van der Waals surface area contributed by atoms with E-state index in [2.05, 4.69) is 17.0 Å². The molecule has 0 spiro atoms. The van der Waals surface area contributed by atoms with Crippen molar-refractivity contribution in [2.75, 3.05) is 46.4 Å². The van der Waals surface area contributed by atoms with E-state index in [4.69, 9.17) is 23.9 Å². The lowest BCUT2D eigenvalue weighted by molar-refractivity contribution is 0.0349. The summed E-state index contributed by atoms with van der Waals surface area (Å²) in [7, 11) is 1.76. The first-order valence-corrected chi connectivity index (χ1v) is 13.9. The lowest BCUT2D eigenvalue weighted by atomic mass is 10.1. The van der Waals surface area contributed by atoms with Gasteiger partial charge in [0.2, 0.25) is 5.88 Å². The number of amides is 1. The van der Waals surface area contributed by atoms with Crippen LogP contribution in [-0.4, -0.2) is 76.7 Å². The second-order valence-electron chi connectivity index (χ2n) is 10.2. The van der Waals surface area contributed by atoms with Crippen LogP contribution >= 0.6 is 0 Å². The van der Waals surface area contributed by atoms with Crippen LogP contribution in [0.25, 0.3) is 16.9 Å². The monoisotopic (exact) mass is 551 g/mol. The van der Waals surface area contributed by atoms with Gasteiger partial charge in [0, 0.05) is 51.4 Å². The first-order valence-electron chi connectivity index (χ1n) is 13.9. The fourth-order valence-corrected chi connectivity index (χ4v) is 4.96. The molecule has 1 aliphatic rings. The Hall–Kier alpha value is -4.47. The third kappa shape index (κ3) is 6.32. The van der Waals surface area contributed by atoms with Gasteiger partial charge in [-0.3, -0.25) is 9.30 Å². The lowest BCUT2D eigenvalue weighted by Gasteiger charge is -2.28. The first-order chi connectivity index (χ1) is 20.1. The smallest absolute Gasteiger partial charge is 0.416 e. The normalized spacial score (nSPS) is 13.9. The number of morpholine rings is 1. The molecule has 1 saturated heterocycles. The average Bonchev–Trinajstić information content (AvgIpc) is 3.65. The van der Waals surface area contributed by atoms with Gasteiger partial charge in [-0.25, -0.2) is 14.8 Å². The van der Waals surface area contributed by atoms with Gasteiger partial charge in [-0.05, 0) is 17.7 Å². The van der Waals surface area contributed by atoms with Gasteiger partial charge in [0.1, 0.15) is 11.5 Å². The number of likely N-dealkylation sites (N-methyl/N-ethyl adjacent to an activating group) is 1. The van der Waals surface area contributed by atoms with E-state index < -0.39 is 6.09 Å². The summed E-state index contributed by atoms with van der Waals surface area (Å²) in [6.07, 6.45) is 4.04. The van der Waals surface area contributed by atoms with Crippen molar-refractivity contribution in [1.29, 1.82) is 0 Å². The van der Waals surface area contributed by atoms with Crippen molar-refractivity contribution in [2.45, 2.75) is 12.8 Å². The SMILES string of the molecule is CN(CCN1CCOCC1)C(=O)Oc1c(Cc2ccco2)nc2c(Cc3ccccc3)nc(-c3ccccc3)cn12. The van der Waals surface area contributed by atoms with Crippen LogP contribution in [0.1, 0.15) is 22.7 Å². The largest absolute Gasteiger partial charge is 0.469 e. The van der Waals surface area contributed by atoms with Gasteiger partial charge in [0.05, 0.1) is 37.3 Å². The van der Waals surface area contributed by atoms with Crippen molar-refractivity contribution < 1.29 is 18.7 Å². The molecule has 9 heteroatoms. The highest BCUT2D eigenvalue weighted by Gasteiger charge is 2.24. The molecule has 9 nitrogen and oxygen atoms in total. The minimum absolute atomic E-state index is 0.369. The highest BCUT2D eigenvalue weighted by molar-refractivity contribution is 5.71. The Morgan fingerprint density at radius 3 is 2.41 bits per heavy atom. The summed E-state index contributed by atoms with van der Waals surface area (Å²) in [5.74, 6) is 1.10. The van der Waals surface area contributed by atoms with Gasteiger partial charge in [0.15, 0.2) is 5.65 Å². The number of ether oxygens (including phenoxy) is 2. The number of aromatic nitrogens is 3. The molecule has 1 fully saturated rings. The standard InChI is InChI=1S/C32H33N5O4/c1-35(14-15-36-16-19-39-20-17-36)32(38)41-31-28(22-26-13-8-18-40-26)34-30-27(21-24-9-4-2-5-10-24)33-29(23-37(30)31)25-11-6-3-7-12-25/h2-13,18,23H,14-17,19-22H2,1H3. The van der Waals surface area contributed by atoms with Crippen LogP contribution in [0, 0.1) is 0 Å². The van der Waals surface area contributed by atoms with Crippen LogP contribution in [0.2, 0.25) is 0 Å². The van der Waals surface area contributed by atoms with Crippen molar-refractivity contribution in [3.63, 3.8) is 0 Å². The van der Waals surface area contributed by atoms with Gasteiger partial charge in [0.25, 0.3) is 0 Å². The fraction of sp³-hybridized carbons (Fsp3) is 0.281. The zero-order chi connectivity index (χ0) is 28.0. The topological polar surface area (TPSA) is 85.3 Å². The van der Waals surface area contributed by atoms with Gasteiger partial charge < -0.3 is 18.8 Å². The number of imidazole rings is 1. The van der Waals surface area contributed by atoms with Crippen molar-refractivity contribution in [2.24, 2.45) is 0 Å². The van der Waals surface area contributed by atoms with Crippen LogP contribution < -0.4 is 4.74 Å². The fourth-order valence-electron chi connectivity index (χ4n) is 4.96. The van der Waals surface area contributed by atoms with E-state index in [1.54, 1.807) is 18.2 Å². The van der Waals surface area contributed by atoms with Gasteiger partial charge in [-0.15, -0.1) is 0 Å². The minimum Gasteiger partial charge on any atom is -0.469 e. The quantitative estimate of drug-likeness (QED) is 0.257. The van der Waals surface area contributed by atoms with E-state index in [0.29, 0.717) is 36.6 Å². The van der Waals surface area contributed by atoms with Crippen LogP contribution in [-0.2, 0) is 17.6 Å². The van der Waals surface area contributed by atoms with Crippen molar-refractivity contribution in [3.05, 3.63) is 108 Å². The molecule has 0 bridgehead atoms. The molecule has 2 aromatic carbocycles. The average molecular weight is 552 g/mol. The molecule has 1 amide bonds. The number of hydrogen-bond donors (Lipinski definition) is 0. The number of rotatable bonds is 9. The van der Waals surface area contributed by atoms with E-state index >= 15 is 0 Å². The number of hydrogen-bond acceptors (Lipinski definition) is 7. The number of carbonyl (C=O) groups is 1. The molecule has 41 heavy (non-hydrogen) atoms. The molecular weight excluding hydrogens is 518 g/mol. The van der Waals surface area contributed by atoms with Crippen LogP contribution in [0.5, 0.6) is 5.88 Å². The lowest BCUT2D eigenvalue weighted by Crippen LogP contribution is -2.42. The van der Waals surface area contributed by atoms with Crippen LogP contribution in [0.3, 0.4) is 0 Å². The van der Waals surface area contributed by atoms with E-state index in [9.17, 15) is 4.79 Å². The zero-order valence-corrected chi connectivity index (χ0v) is 23.1. The number of benzene rings is 2. The van der Waals surface area contributed by atoms with Crippen LogP contribution in [0.4, 0.5) is 4.79 Å². The Morgan fingerprint density at radius 2 is 1.68 bits per heavy atom. The van der Waals surface area contributed by atoms with E-state index in [0.717, 1.165) is 61.1 Å². The number of carbonyl (C=O) groups excluding carboxylic acids is 1. The molecule has 1 aliphatic heterocycles. The molecule has 0 saturated carbocycles. The van der Waals surface area contributed by atoms with E-state index in [-0.39, 0.29) is 0 Å². The second kappa shape index (κ2) is 12.4. The molecule has 5 aromatic rings. The molecule has 6 rings (SSSR count). The van der Waals surface area contributed by atoms with Crippen LogP contribution in [0.15, 0.2) is 89.7 Å². The summed E-state index contributed by atoms with van der Waals surface area (Å²) < 4.78 is 19.1. The number of nitrogens with zero attached hydrogens (tertiary/aromatic N) is 5. The van der Waals surface area contributed by atoms with E-state index in [1.807, 2.05) is 71.3 Å². The van der Waals surface area contributed by atoms with Crippen molar-refractivity contribution in [3.8, 4) is 17.1 Å². The highest BCUT2D eigenvalue weighted by atomic mass is 16.6. The first kappa shape index (κ1) is 26.7. The third-order valence-corrected chi connectivity index (χ3v) is 7.26. The number of furan rings is 1. The van der Waals surface area contributed by atoms with Gasteiger partial charge in [-0.1, -0.05) is 60.7 Å². The molecule has 0 atom stereocenters.